The highest BCUT2D eigenvalue weighted by Gasteiger charge is 2.20. The smallest absolute Gasteiger partial charge is 0.137 e. The second kappa shape index (κ2) is 8.40. The molecule has 1 aromatic carbocycles. The second-order valence-electron chi connectivity index (χ2n) is 5.93. The van der Waals surface area contributed by atoms with Crippen LogP contribution < -0.4 is 10.1 Å². The Hall–Kier alpha value is -0.250. The number of rotatable bonds is 6. The number of benzene rings is 1. The molecule has 0 aromatic heterocycles. The highest BCUT2D eigenvalue weighted by molar-refractivity contribution is 9.10. The van der Waals surface area contributed by atoms with Crippen LogP contribution in [0.2, 0.25) is 5.02 Å². The maximum atomic E-state index is 6.22. The van der Waals surface area contributed by atoms with Crippen molar-refractivity contribution in [2.75, 3.05) is 14.2 Å². The topological polar surface area (TPSA) is 21.3 Å². The first-order valence-corrected chi connectivity index (χ1v) is 9.03. The number of halogens is 2. The molecule has 0 aliphatic heterocycles. The van der Waals surface area contributed by atoms with Crippen molar-refractivity contribution in [3.05, 3.63) is 27.2 Å². The van der Waals surface area contributed by atoms with Gasteiger partial charge in [0.1, 0.15) is 5.75 Å². The van der Waals surface area contributed by atoms with Gasteiger partial charge >= 0.3 is 0 Å². The zero-order valence-corrected chi connectivity index (χ0v) is 15.3. The summed E-state index contributed by atoms with van der Waals surface area (Å²) >= 11 is 9.76. The Morgan fingerprint density at radius 1 is 1.33 bits per heavy atom. The van der Waals surface area contributed by atoms with Gasteiger partial charge in [0, 0.05) is 16.6 Å². The molecule has 1 aliphatic carbocycles. The first kappa shape index (κ1) is 17.1. The number of nitrogens with one attached hydrogen (secondary N) is 1. The van der Waals surface area contributed by atoms with Crippen molar-refractivity contribution in [3.63, 3.8) is 0 Å². The molecule has 21 heavy (non-hydrogen) atoms. The van der Waals surface area contributed by atoms with Crippen LogP contribution >= 0.6 is 27.5 Å². The predicted molar refractivity (Wildman–Crippen MR) is 93.3 cm³/mol. The number of ether oxygens (including phenoxy) is 1. The fourth-order valence-corrected chi connectivity index (χ4v) is 4.38. The Morgan fingerprint density at radius 2 is 2.05 bits per heavy atom. The van der Waals surface area contributed by atoms with Crippen LogP contribution in [0.1, 0.15) is 56.6 Å². The van der Waals surface area contributed by atoms with Crippen molar-refractivity contribution < 1.29 is 4.74 Å². The van der Waals surface area contributed by atoms with Crippen LogP contribution in [0, 0.1) is 5.92 Å². The normalized spacial score (nSPS) is 17.7. The molecule has 0 saturated heterocycles. The van der Waals surface area contributed by atoms with Gasteiger partial charge in [-0.05, 0) is 53.9 Å². The molecule has 1 atom stereocenters. The molecule has 1 N–H and O–H groups in total. The van der Waals surface area contributed by atoms with Crippen molar-refractivity contribution in [1.82, 2.24) is 5.32 Å². The molecular formula is C17H25BrClNO. The van der Waals surface area contributed by atoms with Crippen molar-refractivity contribution >= 4 is 27.5 Å². The molecule has 2 rings (SSSR count). The highest BCUT2D eigenvalue weighted by Crippen LogP contribution is 2.38. The van der Waals surface area contributed by atoms with Gasteiger partial charge in [0.15, 0.2) is 0 Å². The summed E-state index contributed by atoms with van der Waals surface area (Å²) in [6.07, 6.45) is 9.42. The second-order valence-corrected chi connectivity index (χ2v) is 7.22. The quantitative estimate of drug-likeness (QED) is 0.686. The van der Waals surface area contributed by atoms with E-state index >= 15 is 0 Å². The van der Waals surface area contributed by atoms with Crippen LogP contribution in [0.4, 0.5) is 0 Å². The van der Waals surface area contributed by atoms with Gasteiger partial charge < -0.3 is 10.1 Å². The van der Waals surface area contributed by atoms with Crippen LogP contribution in [0.25, 0.3) is 0 Å². The SMILES string of the molecule is CNC(CCC1CCCCC1)c1cc(Cl)cc(Br)c1OC. The van der Waals surface area contributed by atoms with E-state index in [0.717, 1.165) is 33.1 Å². The number of hydrogen-bond donors (Lipinski definition) is 1. The minimum Gasteiger partial charge on any atom is -0.495 e. The van der Waals surface area contributed by atoms with Gasteiger partial charge in [0.2, 0.25) is 0 Å². The van der Waals surface area contributed by atoms with Crippen molar-refractivity contribution in [1.29, 1.82) is 0 Å². The van der Waals surface area contributed by atoms with Gasteiger partial charge in [-0.3, -0.25) is 0 Å². The van der Waals surface area contributed by atoms with E-state index in [1.807, 2.05) is 19.2 Å². The lowest BCUT2D eigenvalue weighted by atomic mass is 9.84. The van der Waals surface area contributed by atoms with E-state index < -0.39 is 0 Å². The summed E-state index contributed by atoms with van der Waals surface area (Å²) < 4.78 is 6.48. The Morgan fingerprint density at radius 3 is 2.67 bits per heavy atom. The Labute approximate surface area is 141 Å². The molecule has 0 heterocycles. The molecule has 1 aromatic rings. The predicted octanol–water partition coefficient (Wildman–Crippen LogP) is 5.73. The van der Waals surface area contributed by atoms with Gasteiger partial charge in [0.05, 0.1) is 11.6 Å². The van der Waals surface area contributed by atoms with Gasteiger partial charge in [-0.15, -0.1) is 0 Å². The summed E-state index contributed by atoms with van der Waals surface area (Å²) in [4.78, 5) is 0. The maximum Gasteiger partial charge on any atom is 0.137 e. The molecule has 118 valence electrons. The molecule has 2 nitrogen and oxygen atoms in total. The van der Waals surface area contributed by atoms with Gasteiger partial charge in [0.25, 0.3) is 0 Å². The molecule has 1 saturated carbocycles. The molecule has 1 unspecified atom stereocenters. The molecule has 0 spiro atoms. The van der Waals surface area contributed by atoms with E-state index in [1.54, 1.807) is 7.11 Å². The summed E-state index contributed by atoms with van der Waals surface area (Å²) in [6, 6.07) is 4.20. The lowest BCUT2D eigenvalue weighted by molar-refractivity contribution is 0.314. The molecule has 4 heteroatoms. The standard InChI is InChI=1S/C17H25BrClNO/c1-20-16(9-8-12-6-4-3-5-7-12)14-10-13(19)11-15(18)17(14)21-2/h10-12,16,20H,3-9H2,1-2H3. The van der Waals surface area contributed by atoms with Gasteiger partial charge in [-0.2, -0.15) is 0 Å². The van der Waals surface area contributed by atoms with E-state index in [2.05, 4.69) is 21.2 Å². The van der Waals surface area contributed by atoms with Crippen LogP contribution in [0.5, 0.6) is 5.75 Å². The largest absolute Gasteiger partial charge is 0.495 e. The third-order valence-electron chi connectivity index (χ3n) is 4.55. The highest BCUT2D eigenvalue weighted by atomic mass is 79.9. The number of hydrogen-bond acceptors (Lipinski definition) is 2. The summed E-state index contributed by atoms with van der Waals surface area (Å²) in [5.41, 5.74) is 1.15. The zero-order chi connectivity index (χ0) is 15.2. The fraction of sp³-hybridized carbons (Fsp3) is 0.647. The molecular weight excluding hydrogens is 350 g/mol. The van der Waals surface area contributed by atoms with Crippen LogP contribution in [0.3, 0.4) is 0 Å². The average molecular weight is 375 g/mol. The monoisotopic (exact) mass is 373 g/mol. The zero-order valence-electron chi connectivity index (χ0n) is 12.9. The Kier molecular flexibility index (Phi) is 6.84. The van der Waals surface area contributed by atoms with Crippen LogP contribution in [-0.4, -0.2) is 14.2 Å². The van der Waals surface area contributed by atoms with Crippen molar-refractivity contribution in [2.45, 2.75) is 51.0 Å². The summed E-state index contributed by atoms with van der Waals surface area (Å²) in [6.45, 7) is 0. The molecule has 0 amide bonds. The van der Waals surface area contributed by atoms with Crippen LogP contribution in [-0.2, 0) is 0 Å². The summed E-state index contributed by atoms with van der Waals surface area (Å²) in [5.74, 6) is 1.78. The maximum absolute atomic E-state index is 6.22. The van der Waals surface area contributed by atoms with Crippen LogP contribution in [0.15, 0.2) is 16.6 Å². The van der Waals surface area contributed by atoms with E-state index in [0.29, 0.717) is 0 Å². The third-order valence-corrected chi connectivity index (χ3v) is 5.36. The van der Waals surface area contributed by atoms with E-state index in [4.69, 9.17) is 16.3 Å². The lowest BCUT2D eigenvalue weighted by Crippen LogP contribution is -2.19. The van der Waals surface area contributed by atoms with Gasteiger partial charge in [-0.25, -0.2) is 0 Å². The van der Waals surface area contributed by atoms with E-state index in [9.17, 15) is 0 Å². The summed E-state index contributed by atoms with van der Waals surface area (Å²) in [7, 11) is 3.73. The third kappa shape index (κ3) is 4.61. The van der Waals surface area contributed by atoms with Crippen molar-refractivity contribution in [3.8, 4) is 5.75 Å². The first-order valence-electron chi connectivity index (χ1n) is 7.86. The minimum absolute atomic E-state index is 0.289. The summed E-state index contributed by atoms with van der Waals surface area (Å²) in [5, 5.41) is 4.17. The number of methoxy groups -OCH3 is 1. The van der Waals surface area contributed by atoms with E-state index in [1.165, 1.54) is 38.5 Å². The van der Waals surface area contributed by atoms with E-state index in [-0.39, 0.29) is 6.04 Å². The molecule has 0 bridgehead atoms. The average Bonchev–Trinajstić information content (AvgIpc) is 2.48. The minimum atomic E-state index is 0.289. The van der Waals surface area contributed by atoms with Gasteiger partial charge in [-0.1, -0.05) is 43.7 Å². The molecule has 1 fully saturated rings. The first-order chi connectivity index (χ1) is 10.2. The Bertz CT molecular complexity index is 460. The van der Waals surface area contributed by atoms with Crippen molar-refractivity contribution in [2.24, 2.45) is 5.92 Å². The lowest BCUT2D eigenvalue weighted by Gasteiger charge is -2.25. The fourth-order valence-electron chi connectivity index (χ4n) is 3.39. The molecule has 1 aliphatic rings. The molecule has 0 radical (unpaired) electrons. The Balaban J connectivity index is 2.09.